The second-order valence-corrected chi connectivity index (χ2v) is 5.70. The first kappa shape index (κ1) is 14.2. The maximum atomic E-state index is 12.3. The molecule has 0 aliphatic rings. The summed E-state index contributed by atoms with van der Waals surface area (Å²) in [6, 6.07) is 17.2. The van der Waals surface area contributed by atoms with Crippen LogP contribution >= 0.6 is 25.3 Å². The van der Waals surface area contributed by atoms with Crippen molar-refractivity contribution in [3.63, 3.8) is 0 Å². The second-order valence-electron chi connectivity index (χ2n) is 4.80. The van der Waals surface area contributed by atoms with E-state index in [-0.39, 0.29) is 12.3 Å². The first-order valence-corrected chi connectivity index (χ1v) is 7.47. The van der Waals surface area contributed by atoms with Crippen molar-refractivity contribution in [3.8, 4) is 0 Å². The number of rotatable bonds is 3. The van der Waals surface area contributed by atoms with Gasteiger partial charge >= 0.3 is 0 Å². The van der Waals surface area contributed by atoms with E-state index in [2.05, 4.69) is 25.3 Å². The van der Waals surface area contributed by atoms with Crippen molar-refractivity contribution in [2.75, 3.05) is 0 Å². The van der Waals surface area contributed by atoms with E-state index in [9.17, 15) is 4.79 Å². The van der Waals surface area contributed by atoms with Crippen LogP contribution < -0.4 is 4.57 Å². The Morgan fingerprint density at radius 3 is 2.48 bits per heavy atom. The molecule has 104 valence electrons. The van der Waals surface area contributed by atoms with Gasteiger partial charge in [-0.1, -0.05) is 55.1 Å². The molecule has 0 radical (unpaired) electrons. The molecule has 0 unspecified atom stereocenters. The fraction of sp³-hybridized carbons (Fsp3) is 0.0588. The van der Waals surface area contributed by atoms with Gasteiger partial charge in [0, 0.05) is 16.5 Å². The van der Waals surface area contributed by atoms with Gasteiger partial charge in [-0.25, -0.2) is 0 Å². The van der Waals surface area contributed by atoms with E-state index in [1.807, 2.05) is 65.4 Å². The Morgan fingerprint density at radius 2 is 1.71 bits per heavy atom. The average molecular weight is 312 g/mol. The summed E-state index contributed by atoms with van der Waals surface area (Å²) in [4.78, 5) is 13.2. The zero-order valence-electron chi connectivity index (χ0n) is 11.2. The molecule has 0 bridgehead atoms. The van der Waals surface area contributed by atoms with Gasteiger partial charge in [-0.2, -0.15) is 4.57 Å². The smallest absolute Gasteiger partial charge is 0.246 e. The van der Waals surface area contributed by atoms with Gasteiger partial charge in [0.05, 0.1) is 5.39 Å². The standard InChI is InChI=1S/C17H13NOS2/c19-14(12-5-2-1-3-6-12)11-18-10-9-13-7-4-8-15(20)16(13)17(18)21/h1-10H,11H2,(H,20,21)/p+1. The van der Waals surface area contributed by atoms with Crippen molar-refractivity contribution in [3.05, 3.63) is 66.4 Å². The lowest BCUT2D eigenvalue weighted by atomic mass is 10.1. The molecule has 3 aromatic rings. The highest BCUT2D eigenvalue weighted by Crippen LogP contribution is 2.25. The zero-order valence-corrected chi connectivity index (χ0v) is 13.0. The second kappa shape index (κ2) is 5.92. The number of aromatic nitrogens is 1. The lowest BCUT2D eigenvalue weighted by Crippen LogP contribution is -2.39. The van der Waals surface area contributed by atoms with Gasteiger partial charge in [-0.05, 0) is 11.5 Å². The predicted octanol–water partition coefficient (Wildman–Crippen LogP) is 3.59. The highest BCUT2D eigenvalue weighted by atomic mass is 32.1. The molecule has 0 spiro atoms. The van der Waals surface area contributed by atoms with Gasteiger partial charge in [0.2, 0.25) is 17.4 Å². The number of thiol groups is 2. The minimum atomic E-state index is 0.0619. The van der Waals surface area contributed by atoms with E-state index in [0.717, 1.165) is 20.7 Å². The Kier molecular flexibility index (Phi) is 3.99. The van der Waals surface area contributed by atoms with Crippen LogP contribution in [0, 0.1) is 0 Å². The van der Waals surface area contributed by atoms with Gasteiger partial charge in [0.15, 0.2) is 6.20 Å². The normalized spacial score (nSPS) is 10.8. The molecule has 0 saturated heterocycles. The third kappa shape index (κ3) is 2.82. The van der Waals surface area contributed by atoms with E-state index in [4.69, 9.17) is 0 Å². The molecule has 0 saturated carbocycles. The summed E-state index contributed by atoms with van der Waals surface area (Å²) >= 11 is 9.06. The largest absolute Gasteiger partial charge is 0.287 e. The monoisotopic (exact) mass is 312 g/mol. The van der Waals surface area contributed by atoms with Crippen LogP contribution in [0.4, 0.5) is 0 Å². The number of fused-ring (bicyclic) bond motifs is 1. The SMILES string of the molecule is O=C(C[n+]1ccc2cccc(S)c2c1S)c1ccccc1. The Labute approximate surface area is 134 Å². The fourth-order valence-electron chi connectivity index (χ4n) is 2.32. The zero-order chi connectivity index (χ0) is 14.8. The number of hydrogen-bond donors (Lipinski definition) is 2. The van der Waals surface area contributed by atoms with Gasteiger partial charge in [-0.3, -0.25) is 4.79 Å². The summed E-state index contributed by atoms with van der Waals surface area (Å²) in [5.74, 6) is 0.0619. The molecule has 0 aliphatic carbocycles. The van der Waals surface area contributed by atoms with Crippen LogP contribution in [0.2, 0.25) is 0 Å². The summed E-state index contributed by atoms with van der Waals surface area (Å²) < 4.78 is 1.85. The quantitative estimate of drug-likeness (QED) is 0.430. The molecule has 1 heterocycles. The van der Waals surface area contributed by atoms with Crippen LogP contribution in [0.15, 0.2) is 70.7 Å². The fourth-order valence-corrected chi connectivity index (χ4v) is 3.12. The van der Waals surface area contributed by atoms with Crippen molar-refractivity contribution in [1.82, 2.24) is 0 Å². The minimum Gasteiger partial charge on any atom is -0.287 e. The molecule has 2 aromatic carbocycles. The first-order chi connectivity index (χ1) is 10.2. The molecular formula is C17H14NOS2+. The van der Waals surface area contributed by atoms with E-state index in [1.165, 1.54) is 0 Å². The van der Waals surface area contributed by atoms with E-state index >= 15 is 0 Å². The molecule has 0 amide bonds. The number of pyridine rings is 1. The topological polar surface area (TPSA) is 20.9 Å². The summed E-state index contributed by atoms with van der Waals surface area (Å²) in [7, 11) is 0. The summed E-state index contributed by atoms with van der Waals surface area (Å²) in [6.45, 7) is 0.265. The Morgan fingerprint density at radius 1 is 0.952 bits per heavy atom. The highest BCUT2D eigenvalue weighted by molar-refractivity contribution is 7.81. The van der Waals surface area contributed by atoms with Crippen LogP contribution in [-0.4, -0.2) is 5.78 Å². The number of carbonyl (C=O) groups excluding carboxylic acids is 1. The molecule has 2 nitrogen and oxygen atoms in total. The molecule has 4 heteroatoms. The number of hydrogen-bond acceptors (Lipinski definition) is 3. The first-order valence-electron chi connectivity index (χ1n) is 6.58. The molecule has 3 rings (SSSR count). The van der Waals surface area contributed by atoms with E-state index in [0.29, 0.717) is 5.56 Å². The van der Waals surface area contributed by atoms with E-state index < -0.39 is 0 Å². The molecule has 21 heavy (non-hydrogen) atoms. The predicted molar refractivity (Wildman–Crippen MR) is 89.4 cm³/mol. The molecule has 0 fully saturated rings. The number of carbonyl (C=O) groups is 1. The Bertz CT molecular complexity index is 816. The summed E-state index contributed by atoms with van der Waals surface area (Å²) in [6.07, 6.45) is 1.89. The van der Waals surface area contributed by atoms with E-state index in [1.54, 1.807) is 0 Å². The maximum absolute atomic E-state index is 12.3. The van der Waals surface area contributed by atoms with Crippen molar-refractivity contribution in [2.45, 2.75) is 16.5 Å². The molecular weight excluding hydrogens is 298 g/mol. The lowest BCUT2D eigenvalue weighted by Gasteiger charge is -2.05. The molecule has 0 atom stereocenters. The van der Waals surface area contributed by atoms with Crippen molar-refractivity contribution < 1.29 is 9.36 Å². The lowest BCUT2D eigenvalue weighted by molar-refractivity contribution is -0.717. The third-order valence-corrected chi connectivity index (χ3v) is 4.27. The summed E-state index contributed by atoms with van der Waals surface area (Å²) in [5, 5.41) is 2.78. The molecule has 0 N–H and O–H groups in total. The van der Waals surface area contributed by atoms with Crippen LogP contribution in [0.5, 0.6) is 0 Å². The van der Waals surface area contributed by atoms with Crippen molar-refractivity contribution in [1.29, 1.82) is 0 Å². The number of benzene rings is 2. The molecule has 0 aliphatic heterocycles. The number of nitrogens with zero attached hydrogens (tertiary/aromatic N) is 1. The Balaban J connectivity index is 2.00. The van der Waals surface area contributed by atoms with Crippen LogP contribution in [0.1, 0.15) is 10.4 Å². The van der Waals surface area contributed by atoms with Crippen molar-refractivity contribution in [2.24, 2.45) is 0 Å². The molecule has 1 aromatic heterocycles. The minimum absolute atomic E-state index is 0.0619. The van der Waals surface area contributed by atoms with Gasteiger partial charge in [0.1, 0.15) is 0 Å². The average Bonchev–Trinajstić information content (AvgIpc) is 2.51. The Hall–Kier alpha value is -1.78. The van der Waals surface area contributed by atoms with Crippen LogP contribution in [0.25, 0.3) is 10.8 Å². The van der Waals surface area contributed by atoms with Gasteiger partial charge < -0.3 is 0 Å². The third-order valence-electron chi connectivity index (χ3n) is 3.41. The number of Topliss-reactive ketones (excluding diaryl/α,β-unsaturated/α-hetero) is 1. The summed E-state index contributed by atoms with van der Waals surface area (Å²) in [5.41, 5.74) is 0.706. The van der Waals surface area contributed by atoms with Gasteiger partial charge in [0.25, 0.3) is 0 Å². The van der Waals surface area contributed by atoms with Crippen molar-refractivity contribution >= 4 is 41.8 Å². The van der Waals surface area contributed by atoms with Crippen LogP contribution in [-0.2, 0) is 6.54 Å². The maximum Gasteiger partial charge on any atom is 0.246 e. The van der Waals surface area contributed by atoms with Crippen LogP contribution in [0.3, 0.4) is 0 Å². The highest BCUT2D eigenvalue weighted by Gasteiger charge is 2.18. The van der Waals surface area contributed by atoms with Gasteiger partial charge in [-0.15, -0.1) is 12.6 Å². The number of ketones is 1.